The molecule has 0 aliphatic heterocycles. The summed E-state index contributed by atoms with van der Waals surface area (Å²) in [5, 5.41) is 6.76. The van der Waals surface area contributed by atoms with E-state index in [1.165, 1.54) is 0 Å². The van der Waals surface area contributed by atoms with Crippen molar-refractivity contribution >= 4 is 29.9 Å². The van der Waals surface area contributed by atoms with Crippen LogP contribution < -0.4 is 24.8 Å². The maximum Gasteiger partial charge on any atom is 0.203 e. The second-order valence-corrected chi connectivity index (χ2v) is 5.74. The summed E-state index contributed by atoms with van der Waals surface area (Å²) in [6.07, 6.45) is 6.47. The maximum absolute atomic E-state index is 5.64. The molecular weight excluding hydrogens is 445 g/mol. The van der Waals surface area contributed by atoms with Crippen LogP contribution in [0.3, 0.4) is 0 Å². The second-order valence-electron chi connectivity index (χ2n) is 5.74. The summed E-state index contributed by atoms with van der Waals surface area (Å²) < 4.78 is 16.5. The number of rotatable bonds is 8. The summed E-state index contributed by atoms with van der Waals surface area (Å²) in [7, 11) is 3.26. The zero-order chi connectivity index (χ0) is 18.1. The molecule has 1 aliphatic carbocycles. The van der Waals surface area contributed by atoms with Crippen LogP contribution in [0, 0.1) is 0 Å². The van der Waals surface area contributed by atoms with Gasteiger partial charge in [0.2, 0.25) is 5.75 Å². The lowest BCUT2D eigenvalue weighted by molar-refractivity contribution is 0.288. The fraction of sp³-hybridized carbons (Fsp3) is 0.526. The lowest BCUT2D eigenvalue weighted by Gasteiger charge is -2.17. The van der Waals surface area contributed by atoms with Crippen molar-refractivity contribution in [3.8, 4) is 17.2 Å². The van der Waals surface area contributed by atoms with Crippen molar-refractivity contribution in [2.75, 3.05) is 27.4 Å². The topological polar surface area (TPSA) is 64.1 Å². The first-order chi connectivity index (χ1) is 12.2. The van der Waals surface area contributed by atoms with Gasteiger partial charge in [-0.25, -0.2) is 4.99 Å². The Balaban J connectivity index is 0.00000338. The highest BCUT2D eigenvalue weighted by Crippen LogP contribution is 2.38. The molecule has 1 aromatic rings. The Morgan fingerprint density at radius 3 is 2.23 bits per heavy atom. The van der Waals surface area contributed by atoms with Gasteiger partial charge < -0.3 is 24.8 Å². The molecule has 0 saturated carbocycles. The Morgan fingerprint density at radius 1 is 1.12 bits per heavy atom. The van der Waals surface area contributed by atoms with Crippen LogP contribution in [0.15, 0.2) is 29.3 Å². The quantitative estimate of drug-likeness (QED) is 0.261. The molecule has 0 bridgehead atoms. The number of hydrogen-bond acceptors (Lipinski definition) is 4. The van der Waals surface area contributed by atoms with Crippen LogP contribution in [-0.4, -0.2) is 39.4 Å². The number of guanidine groups is 1. The lowest BCUT2D eigenvalue weighted by atomic mass is 10.2. The molecule has 2 N–H and O–H groups in total. The fourth-order valence-electron chi connectivity index (χ4n) is 2.73. The molecule has 0 radical (unpaired) electrons. The minimum atomic E-state index is 0. The van der Waals surface area contributed by atoms with E-state index >= 15 is 0 Å². The van der Waals surface area contributed by atoms with Crippen molar-refractivity contribution in [3.63, 3.8) is 0 Å². The molecule has 0 atom stereocenters. The van der Waals surface area contributed by atoms with Crippen LogP contribution >= 0.6 is 24.0 Å². The van der Waals surface area contributed by atoms with Crippen molar-refractivity contribution < 1.29 is 14.2 Å². The van der Waals surface area contributed by atoms with Gasteiger partial charge in [0.1, 0.15) is 0 Å². The molecule has 0 saturated heterocycles. The summed E-state index contributed by atoms with van der Waals surface area (Å²) >= 11 is 0. The molecule has 1 aromatic carbocycles. The van der Waals surface area contributed by atoms with Gasteiger partial charge in [-0.3, -0.25) is 0 Å². The SMILES string of the molecule is CCNC(=NCc1cc(OC)c(OCC)c(OC)c1)NC1CC=CC1.I. The first kappa shape index (κ1) is 22.4. The number of aliphatic imine (C=N–C) groups is 1. The van der Waals surface area contributed by atoms with E-state index < -0.39 is 0 Å². The fourth-order valence-corrected chi connectivity index (χ4v) is 2.73. The number of ether oxygens (including phenoxy) is 3. The zero-order valence-corrected chi connectivity index (χ0v) is 18.3. The van der Waals surface area contributed by atoms with Gasteiger partial charge in [0.05, 0.1) is 27.4 Å². The highest BCUT2D eigenvalue weighted by atomic mass is 127. The van der Waals surface area contributed by atoms with Crippen LogP contribution in [0.5, 0.6) is 17.2 Å². The number of halogens is 1. The van der Waals surface area contributed by atoms with Crippen molar-refractivity contribution in [1.82, 2.24) is 10.6 Å². The molecule has 26 heavy (non-hydrogen) atoms. The Bertz CT molecular complexity index is 587. The average molecular weight is 475 g/mol. The Morgan fingerprint density at radius 2 is 1.73 bits per heavy atom. The predicted octanol–water partition coefficient (Wildman–Crippen LogP) is 3.49. The molecule has 1 aliphatic rings. The van der Waals surface area contributed by atoms with Crippen molar-refractivity contribution in [2.24, 2.45) is 4.99 Å². The Kier molecular flexibility index (Phi) is 10.2. The molecule has 0 heterocycles. The molecule has 7 heteroatoms. The molecular formula is C19H30IN3O3. The normalized spacial score (nSPS) is 13.9. The van der Waals surface area contributed by atoms with E-state index in [2.05, 4.69) is 34.7 Å². The van der Waals surface area contributed by atoms with E-state index in [0.29, 0.717) is 36.4 Å². The number of nitrogens with zero attached hydrogens (tertiary/aromatic N) is 1. The third kappa shape index (κ3) is 6.26. The molecule has 2 rings (SSSR count). The summed E-state index contributed by atoms with van der Waals surface area (Å²) in [5.41, 5.74) is 0.999. The largest absolute Gasteiger partial charge is 0.493 e. The van der Waals surface area contributed by atoms with Crippen molar-refractivity contribution in [3.05, 3.63) is 29.8 Å². The summed E-state index contributed by atoms with van der Waals surface area (Å²) in [4.78, 5) is 4.69. The maximum atomic E-state index is 5.64. The molecule has 0 spiro atoms. The van der Waals surface area contributed by atoms with Gasteiger partial charge in [-0.05, 0) is 44.4 Å². The summed E-state index contributed by atoms with van der Waals surface area (Å²) in [6.45, 7) is 5.89. The molecule has 0 amide bonds. The summed E-state index contributed by atoms with van der Waals surface area (Å²) in [5.74, 6) is 2.76. The third-order valence-electron chi connectivity index (χ3n) is 3.92. The van der Waals surface area contributed by atoms with E-state index in [1.54, 1.807) is 14.2 Å². The number of nitrogens with one attached hydrogen (secondary N) is 2. The van der Waals surface area contributed by atoms with E-state index in [1.807, 2.05) is 19.1 Å². The van der Waals surface area contributed by atoms with E-state index in [9.17, 15) is 0 Å². The highest BCUT2D eigenvalue weighted by molar-refractivity contribution is 14.0. The van der Waals surface area contributed by atoms with Gasteiger partial charge in [0.15, 0.2) is 17.5 Å². The Hall–Kier alpha value is -1.64. The van der Waals surface area contributed by atoms with Crippen LogP contribution in [0.2, 0.25) is 0 Å². The van der Waals surface area contributed by atoms with Gasteiger partial charge in [0.25, 0.3) is 0 Å². The number of methoxy groups -OCH3 is 2. The van der Waals surface area contributed by atoms with E-state index in [4.69, 9.17) is 14.2 Å². The smallest absolute Gasteiger partial charge is 0.203 e. The number of benzene rings is 1. The van der Waals surface area contributed by atoms with Crippen molar-refractivity contribution in [2.45, 2.75) is 39.3 Å². The summed E-state index contributed by atoms with van der Waals surface area (Å²) in [6, 6.07) is 4.30. The number of hydrogen-bond donors (Lipinski definition) is 2. The minimum absolute atomic E-state index is 0. The first-order valence-electron chi connectivity index (χ1n) is 8.79. The molecule has 0 unspecified atom stereocenters. The monoisotopic (exact) mass is 475 g/mol. The van der Waals surface area contributed by atoms with Crippen LogP contribution in [0.4, 0.5) is 0 Å². The Labute approximate surface area is 173 Å². The standard InChI is InChI=1S/C19H29N3O3.HI/c1-5-20-19(22-15-9-7-8-10-15)21-13-14-11-16(23-3)18(25-6-2)17(12-14)24-4;/h7-8,11-12,15H,5-6,9-10,13H2,1-4H3,(H2,20,21,22);1H. The van der Waals surface area contributed by atoms with Gasteiger partial charge in [-0.2, -0.15) is 0 Å². The van der Waals surface area contributed by atoms with Crippen LogP contribution in [0.1, 0.15) is 32.3 Å². The average Bonchev–Trinajstić information content (AvgIpc) is 3.13. The second kappa shape index (κ2) is 11.9. The van der Waals surface area contributed by atoms with Gasteiger partial charge in [-0.15, -0.1) is 24.0 Å². The lowest BCUT2D eigenvalue weighted by Crippen LogP contribution is -2.42. The first-order valence-corrected chi connectivity index (χ1v) is 8.79. The molecule has 0 aromatic heterocycles. The van der Waals surface area contributed by atoms with E-state index in [-0.39, 0.29) is 24.0 Å². The van der Waals surface area contributed by atoms with Gasteiger partial charge >= 0.3 is 0 Å². The van der Waals surface area contributed by atoms with Crippen LogP contribution in [0.25, 0.3) is 0 Å². The minimum Gasteiger partial charge on any atom is -0.493 e. The van der Waals surface area contributed by atoms with Gasteiger partial charge in [-0.1, -0.05) is 12.2 Å². The third-order valence-corrected chi connectivity index (χ3v) is 3.92. The van der Waals surface area contributed by atoms with E-state index in [0.717, 1.165) is 30.9 Å². The molecule has 146 valence electrons. The van der Waals surface area contributed by atoms with Crippen LogP contribution in [-0.2, 0) is 6.54 Å². The zero-order valence-electron chi connectivity index (χ0n) is 16.0. The molecule has 0 fully saturated rings. The predicted molar refractivity (Wildman–Crippen MR) is 116 cm³/mol. The highest BCUT2D eigenvalue weighted by Gasteiger charge is 2.15. The van der Waals surface area contributed by atoms with Crippen molar-refractivity contribution in [1.29, 1.82) is 0 Å². The molecule has 6 nitrogen and oxygen atoms in total. The van der Waals surface area contributed by atoms with Gasteiger partial charge in [0, 0.05) is 12.6 Å².